The molecule has 1 heterocycles. The minimum Gasteiger partial charge on any atom is -0.480 e. The number of aromatic carboxylic acids is 1. The summed E-state index contributed by atoms with van der Waals surface area (Å²) in [7, 11) is 1.46. The number of carboxylic acids is 1. The fourth-order valence-corrected chi connectivity index (χ4v) is 4.53. The van der Waals surface area contributed by atoms with Crippen molar-refractivity contribution < 1.29 is 19.4 Å². The second-order valence-electron chi connectivity index (χ2n) is 9.04. The maximum atomic E-state index is 13.5. The number of hydrogen-bond acceptors (Lipinski definition) is 6. The molecule has 200 valence electrons. The van der Waals surface area contributed by atoms with Crippen molar-refractivity contribution >= 4 is 29.0 Å². The van der Waals surface area contributed by atoms with Crippen LogP contribution in [-0.2, 0) is 6.42 Å². The monoisotopic (exact) mass is 545 g/mol. The van der Waals surface area contributed by atoms with Gasteiger partial charge in [0.15, 0.2) is 5.78 Å². The van der Waals surface area contributed by atoms with Crippen LogP contribution in [0.15, 0.2) is 83.7 Å². The minimum absolute atomic E-state index is 0.174. The Hall–Kier alpha value is -4.43. The number of hydrogen-bond donors (Lipinski definition) is 2. The van der Waals surface area contributed by atoms with Gasteiger partial charge in [-0.3, -0.25) is 9.59 Å². The van der Waals surface area contributed by atoms with E-state index in [-0.39, 0.29) is 28.8 Å². The van der Waals surface area contributed by atoms with E-state index in [0.29, 0.717) is 46.8 Å². The molecule has 0 aliphatic carbocycles. The van der Waals surface area contributed by atoms with Crippen LogP contribution in [0.5, 0.6) is 5.88 Å². The number of halogens is 1. The second-order valence-corrected chi connectivity index (χ2v) is 9.47. The number of carbonyl (C=O) groups excluding carboxylic acids is 1. The SMILES string of the molecule is COc1nn(C(CCc2ccccc2)CNc2ccc(C(=O)O)cc2)c(=O)cc1-c1cc(Cl)ccc1C(C)=O. The normalized spacial score (nSPS) is 11.6. The molecule has 0 aliphatic rings. The van der Waals surface area contributed by atoms with Crippen LogP contribution < -0.4 is 15.6 Å². The standard InChI is InChI=1S/C30H28ClN3O5/c1-19(35)25-15-11-22(31)16-26(25)27-17-28(36)34(33-29(27)39-2)24(14-8-20-6-4-3-5-7-20)18-32-23-12-9-21(10-13-23)30(37)38/h3-7,9-13,15-17,24,32H,8,14,18H2,1-2H3,(H,37,38). The quantitative estimate of drug-likeness (QED) is 0.230. The first-order valence-corrected chi connectivity index (χ1v) is 12.7. The van der Waals surface area contributed by atoms with Gasteiger partial charge >= 0.3 is 5.97 Å². The van der Waals surface area contributed by atoms with Crippen molar-refractivity contribution in [1.29, 1.82) is 0 Å². The summed E-state index contributed by atoms with van der Waals surface area (Å²) in [5, 5.41) is 17.4. The van der Waals surface area contributed by atoms with Gasteiger partial charge in [0, 0.05) is 28.9 Å². The third-order valence-corrected chi connectivity index (χ3v) is 6.63. The lowest BCUT2D eigenvalue weighted by atomic mass is 9.98. The molecular weight excluding hydrogens is 518 g/mol. The molecule has 3 aromatic carbocycles. The number of benzene rings is 3. The van der Waals surface area contributed by atoms with E-state index >= 15 is 0 Å². The van der Waals surface area contributed by atoms with Crippen LogP contribution in [-0.4, -0.2) is 40.3 Å². The van der Waals surface area contributed by atoms with E-state index in [2.05, 4.69) is 10.4 Å². The molecule has 2 N–H and O–H groups in total. The van der Waals surface area contributed by atoms with E-state index in [4.69, 9.17) is 21.4 Å². The van der Waals surface area contributed by atoms with E-state index in [1.807, 2.05) is 30.3 Å². The fraction of sp³-hybridized carbons (Fsp3) is 0.200. The highest BCUT2D eigenvalue weighted by Gasteiger charge is 2.21. The van der Waals surface area contributed by atoms with Crippen LogP contribution in [0.1, 0.15) is 45.7 Å². The van der Waals surface area contributed by atoms with E-state index < -0.39 is 5.97 Å². The smallest absolute Gasteiger partial charge is 0.335 e. The third kappa shape index (κ3) is 6.72. The maximum absolute atomic E-state index is 13.5. The average molecular weight is 546 g/mol. The summed E-state index contributed by atoms with van der Waals surface area (Å²) in [5.74, 6) is -0.987. The molecule has 9 heteroatoms. The van der Waals surface area contributed by atoms with Crippen LogP contribution >= 0.6 is 11.6 Å². The summed E-state index contributed by atoms with van der Waals surface area (Å²) in [5.41, 5.74) is 2.92. The van der Waals surface area contributed by atoms with Crippen LogP contribution in [0.25, 0.3) is 11.1 Å². The van der Waals surface area contributed by atoms with Crippen molar-refractivity contribution in [2.24, 2.45) is 0 Å². The Kier molecular flexibility index (Phi) is 8.78. The molecule has 1 aromatic heterocycles. The molecule has 4 rings (SSSR count). The summed E-state index contributed by atoms with van der Waals surface area (Å²) in [6, 6.07) is 22.2. The summed E-state index contributed by atoms with van der Waals surface area (Å²) in [6.45, 7) is 1.80. The topological polar surface area (TPSA) is 111 Å². The maximum Gasteiger partial charge on any atom is 0.335 e. The van der Waals surface area contributed by atoms with Gasteiger partial charge < -0.3 is 15.2 Å². The zero-order valence-corrected chi connectivity index (χ0v) is 22.3. The van der Waals surface area contributed by atoms with Gasteiger partial charge in [-0.25, -0.2) is 9.48 Å². The first-order valence-electron chi connectivity index (χ1n) is 12.4. The molecule has 4 aromatic rings. The van der Waals surface area contributed by atoms with Crippen molar-refractivity contribution in [3.63, 3.8) is 0 Å². The summed E-state index contributed by atoms with van der Waals surface area (Å²) in [6.07, 6.45) is 1.29. The Morgan fingerprint density at radius 2 is 1.74 bits per heavy atom. The first-order chi connectivity index (χ1) is 18.8. The van der Waals surface area contributed by atoms with Gasteiger partial charge in [0.05, 0.1) is 24.3 Å². The van der Waals surface area contributed by atoms with Crippen molar-refractivity contribution in [2.75, 3.05) is 19.0 Å². The number of aryl methyl sites for hydroxylation is 1. The second kappa shape index (κ2) is 12.4. The van der Waals surface area contributed by atoms with Crippen LogP contribution in [0, 0.1) is 0 Å². The molecule has 0 saturated carbocycles. The van der Waals surface area contributed by atoms with Gasteiger partial charge in [-0.15, -0.1) is 5.10 Å². The summed E-state index contributed by atoms with van der Waals surface area (Å²) >= 11 is 6.22. The van der Waals surface area contributed by atoms with Gasteiger partial charge in [0.25, 0.3) is 5.56 Å². The molecule has 0 spiro atoms. The molecule has 1 atom stereocenters. The molecule has 0 fully saturated rings. The number of methoxy groups -OCH3 is 1. The predicted octanol–water partition coefficient (Wildman–Crippen LogP) is 5.76. The number of ether oxygens (including phenoxy) is 1. The molecular formula is C30H28ClN3O5. The number of Topliss-reactive ketones (excluding diaryl/α,β-unsaturated/α-hetero) is 1. The average Bonchev–Trinajstić information content (AvgIpc) is 2.93. The van der Waals surface area contributed by atoms with Crippen molar-refractivity contribution in [3.8, 4) is 17.0 Å². The van der Waals surface area contributed by atoms with Crippen LogP contribution in [0.4, 0.5) is 5.69 Å². The zero-order valence-electron chi connectivity index (χ0n) is 21.6. The number of carboxylic acid groups (broad SMARTS) is 1. The van der Waals surface area contributed by atoms with Gasteiger partial charge in [-0.05, 0) is 73.4 Å². The lowest BCUT2D eigenvalue weighted by Gasteiger charge is -2.22. The lowest BCUT2D eigenvalue weighted by molar-refractivity contribution is 0.0696. The van der Waals surface area contributed by atoms with E-state index in [1.54, 1.807) is 30.3 Å². The predicted molar refractivity (Wildman–Crippen MR) is 151 cm³/mol. The number of nitrogens with zero attached hydrogens (tertiary/aromatic N) is 2. The third-order valence-electron chi connectivity index (χ3n) is 6.40. The van der Waals surface area contributed by atoms with E-state index in [0.717, 1.165) is 5.56 Å². The Bertz CT molecular complexity index is 1530. The zero-order chi connectivity index (χ0) is 27.9. The van der Waals surface area contributed by atoms with Crippen LogP contribution in [0.2, 0.25) is 5.02 Å². The van der Waals surface area contributed by atoms with Crippen molar-refractivity contribution in [2.45, 2.75) is 25.8 Å². The Labute approximate surface area is 230 Å². The fourth-order valence-electron chi connectivity index (χ4n) is 4.36. The molecule has 39 heavy (non-hydrogen) atoms. The first kappa shape index (κ1) is 27.6. The Morgan fingerprint density at radius 3 is 2.38 bits per heavy atom. The lowest BCUT2D eigenvalue weighted by Crippen LogP contribution is -2.32. The van der Waals surface area contributed by atoms with Crippen LogP contribution in [0.3, 0.4) is 0 Å². The van der Waals surface area contributed by atoms with Crippen molar-refractivity contribution in [3.05, 3.63) is 111 Å². The molecule has 0 aliphatic heterocycles. The number of rotatable bonds is 11. The minimum atomic E-state index is -1.00. The molecule has 0 amide bonds. The van der Waals surface area contributed by atoms with Gasteiger partial charge in [-0.2, -0.15) is 0 Å². The Balaban J connectivity index is 1.70. The highest BCUT2D eigenvalue weighted by atomic mass is 35.5. The summed E-state index contributed by atoms with van der Waals surface area (Å²) < 4.78 is 6.97. The molecule has 8 nitrogen and oxygen atoms in total. The summed E-state index contributed by atoms with van der Waals surface area (Å²) in [4.78, 5) is 36.9. The Morgan fingerprint density at radius 1 is 1.03 bits per heavy atom. The molecule has 0 saturated heterocycles. The molecule has 0 bridgehead atoms. The van der Waals surface area contributed by atoms with Gasteiger partial charge in [0.2, 0.25) is 5.88 Å². The van der Waals surface area contributed by atoms with Gasteiger partial charge in [-0.1, -0.05) is 41.9 Å². The number of aromatic nitrogens is 2. The highest BCUT2D eigenvalue weighted by molar-refractivity contribution is 6.31. The molecule has 0 radical (unpaired) electrons. The molecule has 1 unspecified atom stereocenters. The number of anilines is 1. The number of carbonyl (C=O) groups is 2. The van der Waals surface area contributed by atoms with E-state index in [9.17, 15) is 14.4 Å². The highest BCUT2D eigenvalue weighted by Crippen LogP contribution is 2.32. The number of ketones is 1. The number of nitrogens with one attached hydrogen (secondary N) is 1. The largest absolute Gasteiger partial charge is 0.480 e. The van der Waals surface area contributed by atoms with Crippen molar-refractivity contribution in [1.82, 2.24) is 9.78 Å². The van der Waals surface area contributed by atoms with E-state index in [1.165, 1.54) is 36.9 Å². The van der Waals surface area contributed by atoms with Gasteiger partial charge in [0.1, 0.15) is 0 Å².